The van der Waals surface area contributed by atoms with Crippen molar-refractivity contribution in [2.24, 2.45) is 0 Å². The lowest BCUT2D eigenvalue weighted by Gasteiger charge is -2.26. The summed E-state index contributed by atoms with van der Waals surface area (Å²) in [6.45, 7) is 4.14. The molecule has 0 spiro atoms. The first kappa shape index (κ1) is 13.6. The number of hydrogen-bond acceptors (Lipinski definition) is 4. The number of aromatic hydroxyl groups is 1. The molecular formula is C15H18N4O2. The van der Waals surface area contributed by atoms with Gasteiger partial charge in [0, 0.05) is 26.1 Å². The molecule has 2 heterocycles. The van der Waals surface area contributed by atoms with Gasteiger partial charge in [-0.15, -0.1) is 10.2 Å². The first-order chi connectivity index (χ1) is 10.2. The molecule has 3 rings (SSSR count). The van der Waals surface area contributed by atoms with Gasteiger partial charge < -0.3 is 14.6 Å². The van der Waals surface area contributed by atoms with Gasteiger partial charge in [-0.05, 0) is 31.0 Å². The molecule has 1 aliphatic heterocycles. The summed E-state index contributed by atoms with van der Waals surface area (Å²) in [4.78, 5) is 13.9. The number of amides is 1. The van der Waals surface area contributed by atoms with E-state index >= 15 is 0 Å². The number of aryl methyl sites for hydroxylation is 2. The highest BCUT2D eigenvalue weighted by Gasteiger charge is 2.27. The summed E-state index contributed by atoms with van der Waals surface area (Å²) in [5, 5.41) is 17.5. The summed E-state index contributed by atoms with van der Waals surface area (Å²) in [7, 11) is 0. The van der Waals surface area contributed by atoms with E-state index < -0.39 is 0 Å². The highest BCUT2D eigenvalue weighted by molar-refractivity contribution is 5.91. The predicted octanol–water partition coefficient (Wildman–Crippen LogP) is 1.24. The number of rotatable bonds is 4. The maximum Gasteiger partial charge on any atom is 0.291 e. The molecule has 0 bridgehead atoms. The van der Waals surface area contributed by atoms with E-state index in [9.17, 15) is 9.90 Å². The summed E-state index contributed by atoms with van der Waals surface area (Å²) in [5.74, 6) is 1.53. The van der Waals surface area contributed by atoms with E-state index in [1.807, 2.05) is 23.6 Å². The van der Waals surface area contributed by atoms with Crippen molar-refractivity contribution in [3.05, 3.63) is 41.5 Å². The molecule has 0 unspecified atom stereocenters. The topological polar surface area (TPSA) is 71.2 Å². The Morgan fingerprint density at radius 1 is 1.14 bits per heavy atom. The monoisotopic (exact) mass is 286 g/mol. The van der Waals surface area contributed by atoms with Gasteiger partial charge in [-0.3, -0.25) is 4.79 Å². The molecule has 6 nitrogen and oxygen atoms in total. The highest BCUT2D eigenvalue weighted by atomic mass is 16.3. The van der Waals surface area contributed by atoms with Crippen LogP contribution in [0.25, 0.3) is 0 Å². The molecule has 0 aliphatic carbocycles. The fraction of sp³-hybridized carbons (Fsp3) is 0.400. The van der Waals surface area contributed by atoms with Crippen LogP contribution < -0.4 is 0 Å². The van der Waals surface area contributed by atoms with Crippen LogP contribution >= 0.6 is 0 Å². The number of carbonyl (C=O) groups is 1. The molecule has 1 aromatic carbocycles. The van der Waals surface area contributed by atoms with Crippen LogP contribution in [-0.2, 0) is 19.4 Å². The van der Waals surface area contributed by atoms with E-state index in [1.165, 1.54) is 0 Å². The Bertz CT molecular complexity index is 648. The lowest BCUT2D eigenvalue weighted by Crippen LogP contribution is -2.40. The number of hydrogen-bond donors (Lipinski definition) is 1. The Morgan fingerprint density at radius 3 is 2.62 bits per heavy atom. The van der Waals surface area contributed by atoms with Gasteiger partial charge in [0.2, 0.25) is 5.82 Å². The van der Waals surface area contributed by atoms with Crippen LogP contribution in [-0.4, -0.2) is 43.8 Å². The van der Waals surface area contributed by atoms with Gasteiger partial charge >= 0.3 is 0 Å². The molecule has 1 aliphatic rings. The van der Waals surface area contributed by atoms with Crippen LogP contribution in [0.15, 0.2) is 24.3 Å². The third kappa shape index (κ3) is 2.61. The third-order valence-corrected chi connectivity index (χ3v) is 3.85. The predicted molar refractivity (Wildman–Crippen MR) is 77.1 cm³/mol. The standard InChI is InChI=1S/C15H18N4O2/c1-2-18-9-10-19-13(16-17-14(19)15(18)21)8-5-11-3-6-12(20)7-4-11/h3-4,6-7,20H,2,5,8-10H2,1H3. The minimum absolute atomic E-state index is 0.0351. The molecule has 0 saturated heterocycles. The SMILES string of the molecule is CCN1CCn2c(CCc3ccc(O)cc3)nnc2C1=O. The number of carbonyl (C=O) groups excluding carboxylic acids is 1. The second kappa shape index (κ2) is 5.55. The molecule has 2 aromatic rings. The van der Waals surface area contributed by atoms with Crippen LogP contribution in [0.3, 0.4) is 0 Å². The van der Waals surface area contributed by atoms with Crippen LogP contribution in [0.2, 0.25) is 0 Å². The molecule has 0 saturated carbocycles. The quantitative estimate of drug-likeness (QED) is 0.918. The maximum absolute atomic E-state index is 12.1. The van der Waals surface area contributed by atoms with Crippen molar-refractivity contribution < 1.29 is 9.90 Å². The van der Waals surface area contributed by atoms with Crippen molar-refractivity contribution in [3.63, 3.8) is 0 Å². The normalized spacial score (nSPS) is 14.3. The molecule has 21 heavy (non-hydrogen) atoms. The van der Waals surface area contributed by atoms with Gasteiger partial charge in [-0.25, -0.2) is 0 Å². The molecular weight excluding hydrogens is 268 g/mol. The average Bonchev–Trinajstić information content (AvgIpc) is 2.91. The third-order valence-electron chi connectivity index (χ3n) is 3.85. The zero-order valence-electron chi connectivity index (χ0n) is 12.0. The van der Waals surface area contributed by atoms with Gasteiger partial charge in [0.1, 0.15) is 11.6 Å². The Hall–Kier alpha value is -2.37. The summed E-state index contributed by atoms with van der Waals surface area (Å²) < 4.78 is 1.93. The first-order valence-electron chi connectivity index (χ1n) is 7.18. The first-order valence-corrected chi connectivity index (χ1v) is 7.18. The second-order valence-electron chi connectivity index (χ2n) is 5.14. The van der Waals surface area contributed by atoms with Gasteiger partial charge in [0.15, 0.2) is 0 Å². The van der Waals surface area contributed by atoms with E-state index in [2.05, 4.69) is 10.2 Å². The second-order valence-corrected chi connectivity index (χ2v) is 5.14. The molecule has 110 valence electrons. The van der Waals surface area contributed by atoms with E-state index in [1.54, 1.807) is 17.0 Å². The van der Waals surface area contributed by atoms with Gasteiger partial charge in [-0.2, -0.15) is 0 Å². The Balaban J connectivity index is 1.73. The van der Waals surface area contributed by atoms with Crippen LogP contribution in [0.5, 0.6) is 5.75 Å². The molecule has 1 N–H and O–H groups in total. The summed E-state index contributed by atoms with van der Waals surface area (Å²) in [5.41, 5.74) is 1.13. The van der Waals surface area contributed by atoms with Crippen molar-refractivity contribution >= 4 is 5.91 Å². The van der Waals surface area contributed by atoms with Crippen LogP contribution in [0.1, 0.15) is 28.9 Å². The van der Waals surface area contributed by atoms with E-state index in [0.717, 1.165) is 30.8 Å². The smallest absolute Gasteiger partial charge is 0.291 e. The fourth-order valence-corrected chi connectivity index (χ4v) is 2.60. The molecule has 0 radical (unpaired) electrons. The minimum Gasteiger partial charge on any atom is -0.508 e. The lowest BCUT2D eigenvalue weighted by atomic mass is 10.1. The summed E-state index contributed by atoms with van der Waals surface area (Å²) in [6.07, 6.45) is 1.54. The van der Waals surface area contributed by atoms with Crippen molar-refractivity contribution in [3.8, 4) is 5.75 Å². The van der Waals surface area contributed by atoms with Crippen molar-refractivity contribution in [2.75, 3.05) is 13.1 Å². The zero-order chi connectivity index (χ0) is 14.8. The maximum atomic E-state index is 12.1. The Kier molecular flexibility index (Phi) is 3.60. The summed E-state index contributed by atoms with van der Waals surface area (Å²) >= 11 is 0. The number of benzene rings is 1. The molecule has 6 heteroatoms. The number of aromatic nitrogens is 3. The van der Waals surface area contributed by atoms with Crippen LogP contribution in [0.4, 0.5) is 0 Å². The minimum atomic E-state index is -0.0351. The van der Waals surface area contributed by atoms with Crippen molar-refractivity contribution in [2.45, 2.75) is 26.3 Å². The molecule has 0 atom stereocenters. The van der Waals surface area contributed by atoms with Gasteiger partial charge in [0.25, 0.3) is 5.91 Å². The number of likely N-dealkylation sites (N-methyl/N-ethyl adjacent to an activating group) is 1. The number of phenolic OH excluding ortho intramolecular Hbond substituents is 1. The number of nitrogens with zero attached hydrogens (tertiary/aromatic N) is 4. The van der Waals surface area contributed by atoms with Crippen molar-refractivity contribution in [1.82, 2.24) is 19.7 Å². The van der Waals surface area contributed by atoms with Gasteiger partial charge in [0.05, 0.1) is 0 Å². The highest BCUT2D eigenvalue weighted by Crippen LogP contribution is 2.15. The number of phenols is 1. The van der Waals surface area contributed by atoms with Crippen LogP contribution in [0, 0.1) is 0 Å². The largest absolute Gasteiger partial charge is 0.508 e. The van der Waals surface area contributed by atoms with E-state index in [0.29, 0.717) is 18.9 Å². The van der Waals surface area contributed by atoms with E-state index in [4.69, 9.17) is 0 Å². The molecule has 1 amide bonds. The number of fused-ring (bicyclic) bond motifs is 1. The van der Waals surface area contributed by atoms with Gasteiger partial charge in [-0.1, -0.05) is 12.1 Å². The average molecular weight is 286 g/mol. The van der Waals surface area contributed by atoms with E-state index in [-0.39, 0.29) is 11.7 Å². The zero-order valence-corrected chi connectivity index (χ0v) is 12.0. The Morgan fingerprint density at radius 2 is 1.90 bits per heavy atom. The molecule has 1 aromatic heterocycles. The molecule has 0 fully saturated rings. The van der Waals surface area contributed by atoms with Crippen molar-refractivity contribution in [1.29, 1.82) is 0 Å². The Labute approximate surface area is 123 Å². The fourth-order valence-electron chi connectivity index (χ4n) is 2.60. The summed E-state index contributed by atoms with van der Waals surface area (Å²) in [6, 6.07) is 7.15. The lowest BCUT2D eigenvalue weighted by molar-refractivity contribution is 0.0705.